The number of carbonyl (C=O) groups is 1. The fourth-order valence-electron chi connectivity index (χ4n) is 1.18. The van der Waals surface area contributed by atoms with Gasteiger partial charge in [0.15, 0.2) is 5.69 Å². The van der Waals surface area contributed by atoms with Crippen molar-refractivity contribution in [2.45, 2.75) is 19.9 Å². The Bertz CT molecular complexity index is 428. The lowest BCUT2D eigenvalue weighted by molar-refractivity contribution is -0.0761. The highest BCUT2D eigenvalue weighted by atomic mass is 16.7. The number of hydroxylamine groups is 2. The molecule has 6 nitrogen and oxygen atoms in total. The molecule has 16 heavy (non-hydrogen) atoms. The second-order valence-electron chi connectivity index (χ2n) is 3.27. The lowest BCUT2D eigenvalue weighted by atomic mass is 10.3. The second kappa shape index (κ2) is 5.41. The van der Waals surface area contributed by atoms with Gasteiger partial charge in [-0.15, -0.1) is 0 Å². The van der Waals surface area contributed by atoms with Crippen LogP contribution in [0.25, 0.3) is 0 Å². The van der Waals surface area contributed by atoms with Gasteiger partial charge >= 0.3 is 0 Å². The highest BCUT2D eigenvalue weighted by Gasteiger charge is 2.13. The molecule has 0 aromatic carbocycles. The maximum absolute atomic E-state index is 11.7. The van der Waals surface area contributed by atoms with Gasteiger partial charge in [0, 0.05) is 19.7 Å². The fourth-order valence-corrected chi connectivity index (χ4v) is 1.18. The number of hydrogen-bond acceptors (Lipinski definition) is 4. The number of hydrogen-bond donors (Lipinski definition) is 0. The first-order valence-corrected chi connectivity index (χ1v) is 5.00. The first-order valence-electron chi connectivity index (χ1n) is 5.00. The van der Waals surface area contributed by atoms with Crippen LogP contribution in [0.5, 0.6) is 0 Å². The number of carbonyl (C=O) groups excluding carboxylic acids is 1. The van der Waals surface area contributed by atoms with Gasteiger partial charge in [-0.1, -0.05) is 6.92 Å². The molecule has 1 amide bonds. The predicted molar refractivity (Wildman–Crippen MR) is 57.9 cm³/mol. The van der Waals surface area contributed by atoms with Gasteiger partial charge in [-0.3, -0.25) is 14.4 Å². The van der Waals surface area contributed by atoms with Crippen molar-refractivity contribution in [2.24, 2.45) is 0 Å². The van der Waals surface area contributed by atoms with Crippen LogP contribution in [0.1, 0.15) is 23.8 Å². The predicted octanol–water partition coefficient (Wildman–Crippen LogP) is 0.287. The van der Waals surface area contributed by atoms with E-state index in [0.29, 0.717) is 6.54 Å². The van der Waals surface area contributed by atoms with E-state index in [1.54, 1.807) is 0 Å². The molecule has 0 atom stereocenters. The standard InChI is InChI=1S/C10H15N3O3/c1-4-7-13-9(14)6-5-8(11-13)10(15)12(2)16-3/h5-6H,4,7H2,1-3H3. The third kappa shape index (κ3) is 2.66. The normalized spacial score (nSPS) is 10.2. The molecule has 1 aromatic heterocycles. The van der Waals surface area contributed by atoms with Gasteiger partial charge in [0.05, 0.1) is 7.11 Å². The van der Waals surface area contributed by atoms with Gasteiger partial charge < -0.3 is 0 Å². The number of aryl methyl sites for hydroxylation is 1. The Labute approximate surface area is 93.4 Å². The third-order valence-electron chi connectivity index (χ3n) is 2.08. The van der Waals surface area contributed by atoms with Crippen molar-refractivity contribution in [1.29, 1.82) is 0 Å². The van der Waals surface area contributed by atoms with Crippen molar-refractivity contribution >= 4 is 5.91 Å². The largest absolute Gasteiger partial charge is 0.297 e. The molecular weight excluding hydrogens is 210 g/mol. The molecule has 88 valence electrons. The fraction of sp³-hybridized carbons (Fsp3) is 0.500. The third-order valence-corrected chi connectivity index (χ3v) is 2.08. The average molecular weight is 225 g/mol. The molecular formula is C10H15N3O3. The van der Waals surface area contributed by atoms with Gasteiger partial charge in [-0.2, -0.15) is 5.10 Å². The summed E-state index contributed by atoms with van der Waals surface area (Å²) >= 11 is 0. The van der Waals surface area contributed by atoms with E-state index in [4.69, 9.17) is 4.84 Å². The van der Waals surface area contributed by atoms with Crippen molar-refractivity contribution in [3.05, 3.63) is 28.2 Å². The van der Waals surface area contributed by atoms with Gasteiger partial charge in [0.25, 0.3) is 11.5 Å². The maximum Gasteiger partial charge on any atom is 0.297 e. The summed E-state index contributed by atoms with van der Waals surface area (Å²) < 4.78 is 1.27. The number of rotatable bonds is 4. The summed E-state index contributed by atoms with van der Waals surface area (Å²) in [6, 6.07) is 2.73. The van der Waals surface area contributed by atoms with Crippen molar-refractivity contribution in [3.63, 3.8) is 0 Å². The molecule has 0 spiro atoms. The minimum Gasteiger partial charge on any atom is -0.274 e. The van der Waals surface area contributed by atoms with Crippen molar-refractivity contribution < 1.29 is 9.63 Å². The van der Waals surface area contributed by atoms with E-state index in [9.17, 15) is 9.59 Å². The van der Waals surface area contributed by atoms with Crippen LogP contribution in [-0.4, -0.2) is 34.9 Å². The molecule has 0 saturated carbocycles. The number of amides is 1. The van der Waals surface area contributed by atoms with Crippen molar-refractivity contribution in [1.82, 2.24) is 14.8 Å². The quantitative estimate of drug-likeness (QED) is 0.691. The second-order valence-corrected chi connectivity index (χ2v) is 3.27. The van der Waals surface area contributed by atoms with Crippen LogP contribution in [0.3, 0.4) is 0 Å². The van der Waals surface area contributed by atoms with E-state index in [0.717, 1.165) is 11.5 Å². The molecule has 0 N–H and O–H groups in total. The summed E-state index contributed by atoms with van der Waals surface area (Å²) in [5, 5.41) is 5.02. The maximum atomic E-state index is 11.7. The van der Waals surface area contributed by atoms with Crippen LogP contribution in [0, 0.1) is 0 Å². The molecule has 1 heterocycles. The smallest absolute Gasteiger partial charge is 0.274 e. The SMILES string of the molecule is CCCn1nc(C(=O)N(C)OC)ccc1=O. The van der Waals surface area contributed by atoms with E-state index in [2.05, 4.69) is 5.10 Å². The van der Waals surface area contributed by atoms with Crippen LogP contribution in [0.2, 0.25) is 0 Å². The number of aromatic nitrogens is 2. The zero-order valence-corrected chi connectivity index (χ0v) is 9.64. The average Bonchev–Trinajstić information content (AvgIpc) is 2.30. The summed E-state index contributed by atoms with van der Waals surface area (Å²) in [6.07, 6.45) is 0.782. The molecule has 0 unspecified atom stereocenters. The van der Waals surface area contributed by atoms with Crippen LogP contribution in [0.4, 0.5) is 0 Å². The van der Waals surface area contributed by atoms with E-state index in [1.165, 1.54) is 31.0 Å². The van der Waals surface area contributed by atoms with E-state index < -0.39 is 0 Å². The van der Waals surface area contributed by atoms with Gasteiger partial charge in [-0.05, 0) is 12.5 Å². The summed E-state index contributed by atoms with van der Waals surface area (Å²) in [4.78, 5) is 27.8. The van der Waals surface area contributed by atoms with E-state index >= 15 is 0 Å². The van der Waals surface area contributed by atoms with Crippen molar-refractivity contribution in [3.8, 4) is 0 Å². The first kappa shape index (κ1) is 12.4. The Balaban J connectivity index is 3.03. The summed E-state index contributed by atoms with van der Waals surface area (Å²) in [5.41, 5.74) is -0.0177. The molecule has 0 aliphatic carbocycles. The number of nitrogens with zero attached hydrogens (tertiary/aromatic N) is 3. The van der Waals surface area contributed by atoms with Crippen LogP contribution >= 0.6 is 0 Å². The Morgan fingerprint density at radius 1 is 1.56 bits per heavy atom. The minimum atomic E-state index is -0.382. The molecule has 0 aliphatic heterocycles. The molecule has 0 saturated heterocycles. The summed E-state index contributed by atoms with van der Waals surface area (Å²) in [7, 11) is 2.87. The zero-order valence-electron chi connectivity index (χ0n) is 9.64. The lowest BCUT2D eigenvalue weighted by Gasteiger charge is -2.13. The monoisotopic (exact) mass is 225 g/mol. The van der Waals surface area contributed by atoms with E-state index in [-0.39, 0.29) is 17.2 Å². The minimum absolute atomic E-state index is 0.192. The molecule has 0 aliphatic rings. The molecule has 1 aromatic rings. The van der Waals surface area contributed by atoms with Crippen LogP contribution in [-0.2, 0) is 11.4 Å². The lowest BCUT2D eigenvalue weighted by Crippen LogP contribution is -2.30. The van der Waals surface area contributed by atoms with Gasteiger partial charge in [-0.25, -0.2) is 9.75 Å². The Morgan fingerprint density at radius 3 is 2.81 bits per heavy atom. The van der Waals surface area contributed by atoms with Crippen molar-refractivity contribution in [2.75, 3.05) is 14.2 Å². The molecule has 6 heteroatoms. The highest BCUT2D eigenvalue weighted by Crippen LogP contribution is 1.97. The molecule has 1 rings (SSSR count). The Morgan fingerprint density at radius 2 is 2.25 bits per heavy atom. The van der Waals surface area contributed by atoms with Gasteiger partial charge in [0.1, 0.15) is 0 Å². The van der Waals surface area contributed by atoms with Crippen LogP contribution < -0.4 is 5.56 Å². The first-order chi connectivity index (χ1) is 7.60. The van der Waals surface area contributed by atoms with Gasteiger partial charge in [0.2, 0.25) is 0 Å². The van der Waals surface area contributed by atoms with E-state index in [1.807, 2.05) is 6.92 Å². The molecule has 0 fully saturated rings. The summed E-state index contributed by atoms with van der Waals surface area (Å²) in [5.74, 6) is -0.382. The Kier molecular flexibility index (Phi) is 4.19. The molecule has 0 radical (unpaired) electrons. The summed E-state index contributed by atoms with van der Waals surface area (Å²) in [6.45, 7) is 2.43. The van der Waals surface area contributed by atoms with Crippen LogP contribution in [0.15, 0.2) is 16.9 Å². The highest BCUT2D eigenvalue weighted by molar-refractivity contribution is 5.91. The topological polar surface area (TPSA) is 64.4 Å². The zero-order chi connectivity index (χ0) is 12.1. The Hall–Kier alpha value is -1.69. The molecule has 0 bridgehead atoms.